The van der Waals surface area contributed by atoms with Gasteiger partial charge in [-0.05, 0) is 64.4 Å². The highest BCUT2D eigenvalue weighted by molar-refractivity contribution is 9.10. The van der Waals surface area contributed by atoms with Crippen LogP contribution in [0.3, 0.4) is 0 Å². The van der Waals surface area contributed by atoms with Gasteiger partial charge in [-0.1, -0.05) is 35.9 Å². The average Bonchev–Trinajstić information content (AvgIpc) is 2.63. The molecule has 7 heteroatoms. The Morgan fingerprint density at radius 1 is 1.22 bits per heavy atom. The van der Waals surface area contributed by atoms with Gasteiger partial charge >= 0.3 is 0 Å². The molecular formula is C20H17BrN2O3S. The molecule has 138 valence electrons. The molecule has 1 aliphatic rings. The van der Waals surface area contributed by atoms with Crippen LogP contribution in [0.15, 0.2) is 52.5 Å². The Kier molecular flexibility index (Phi) is 5.72. The molecule has 5 nitrogen and oxygen atoms in total. The van der Waals surface area contributed by atoms with Crippen LogP contribution in [0.2, 0.25) is 0 Å². The molecule has 1 heterocycles. The topological polar surface area (TPSA) is 58.6 Å². The Hall–Kier alpha value is -2.51. The van der Waals surface area contributed by atoms with Crippen molar-refractivity contribution in [3.05, 3.63) is 69.2 Å². The van der Waals surface area contributed by atoms with Crippen molar-refractivity contribution in [1.82, 2.24) is 10.2 Å². The summed E-state index contributed by atoms with van der Waals surface area (Å²) in [6, 6.07) is 13.5. The number of benzene rings is 2. The number of carbonyl (C=O) groups excluding carboxylic acids is 2. The van der Waals surface area contributed by atoms with E-state index in [9.17, 15) is 9.59 Å². The zero-order valence-corrected chi connectivity index (χ0v) is 17.2. The van der Waals surface area contributed by atoms with Crippen molar-refractivity contribution in [3.63, 3.8) is 0 Å². The highest BCUT2D eigenvalue weighted by Crippen LogP contribution is 2.28. The maximum absolute atomic E-state index is 12.3. The van der Waals surface area contributed by atoms with E-state index in [-0.39, 0.29) is 10.7 Å². The Balaban J connectivity index is 1.77. The number of hydrogen-bond acceptors (Lipinski definition) is 4. The second kappa shape index (κ2) is 8.02. The van der Waals surface area contributed by atoms with Crippen LogP contribution >= 0.6 is 28.1 Å². The summed E-state index contributed by atoms with van der Waals surface area (Å²) in [4.78, 5) is 25.5. The summed E-state index contributed by atoms with van der Waals surface area (Å²) in [7, 11) is 1.52. The number of hydrogen-bond donors (Lipinski definition) is 1. The molecule has 0 radical (unpaired) electrons. The van der Waals surface area contributed by atoms with Crippen molar-refractivity contribution in [1.29, 1.82) is 0 Å². The lowest BCUT2D eigenvalue weighted by Gasteiger charge is -2.25. The van der Waals surface area contributed by atoms with E-state index in [1.807, 2.05) is 25.1 Å². The van der Waals surface area contributed by atoms with Crippen LogP contribution in [0, 0.1) is 6.92 Å². The third kappa shape index (κ3) is 4.43. The second-order valence-electron chi connectivity index (χ2n) is 6.15. The van der Waals surface area contributed by atoms with Crippen LogP contribution < -0.4 is 10.1 Å². The zero-order valence-electron chi connectivity index (χ0n) is 14.8. The summed E-state index contributed by atoms with van der Waals surface area (Å²) >= 11 is 8.42. The molecule has 2 aromatic carbocycles. The molecule has 27 heavy (non-hydrogen) atoms. The molecule has 0 spiro atoms. The first-order chi connectivity index (χ1) is 12.8. The van der Waals surface area contributed by atoms with Gasteiger partial charge in [0.15, 0.2) is 5.11 Å². The third-order valence-electron chi connectivity index (χ3n) is 4.05. The Morgan fingerprint density at radius 2 is 2.00 bits per heavy atom. The molecule has 0 aliphatic carbocycles. The maximum Gasteiger partial charge on any atom is 0.265 e. The molecule has 1 saturated heterocycles. The lowest BCUT2D eigenvalue weighted by atomic mass is 10.1. The van der Waals surface area contributed by atoms with E-state index in [0.29, 0.717) is 17.9 Å². The Labute approximate surface area is 171 Å². The van der Waals surface area contributed by atoms with E-state index in [2.05, 4.69) is 27.3 Å². The number of nitrogens with one attached hydrogen (secondary N) is 1. The molecule has 1 N–H and O–H groups in total. The molecule has 2 amide bonds. The molecular weight excluding hydrogens is 428 g/mol. The lowest BCUT2D eigenvalue weighted by molar-refractivity contribution is -0.128. The lowest BCUT2D eigenvalue weighted by Crippen LogP contribution is -2.52. The number of likely N-dealkylation sites (N-methyl/N-ethyl adjacent to an activating group) is 1. The average molecular weight is 445 g/mol. The highest BCUT2D eigenvalue weighted by atomic mass is 79.9. The van der Waals surface area contributed by atoms with Crippen LogP contribution in [-0.4, -0.2) is 28.9 Å². The normalized spacial score (nSPS) is 15.9. The van der Waals surface area contributed by atoms with Crippen LogP contribution in [0.1, 0.15) is 16.7 Å². The highest BCUT2D eigenvalue weighted by Gasteiger charge is 2.30. The molecule has 0 atom stereocenters. The van der Waals surface area contributed by atoms with Crippen molar-refractivity contribution in [2.24, 2.45) is 0 Å². The first-order valence-electron chi connectivity index (χ1n) is 8.18. The fourth-order valence-electron chi connectivity index (χ4n) is 2.60. The second-order valence-corrected chi connectivity index (χ2v) is 7.39. The number of aryl methyl sites for hydroxylation is 1. The molecule has 0 saturated carbocycles. The van der Waals surface area contributed by atoms with Crippen molar-refractivity contribution in [3.8, 4) is 5.75 Å². The van der Waals surface area contributed by atoms with Gasteiger partial charge in [0.2, 0.25) is 0 Å². The molecule has 1 aliphatic heterocycles. The van der Waals surface area contributed by atoms with Gasteiger partial charge in [-0.2, -0.15) is 0 Å². The molecule has 1 fully saturated rings. The standard InChI is InChI=1S/C20H17BrN2O3S/c1-12-4-3-5-14(8-12)11-26-17-7-6-13(10-16(17)21)9-15-18(24)22-20(27)23(2)19(15)25/h3-10H,11H2,1-2H3,(H,22,24,27)/b15-9+. The first-order valence-corrected chi connectivity index (χ1v) is 9.38. The molecule has 0 unspecified atom stereocenters. The third-order valence-corrected chi connectivity index (χ3v) is 5.04. The maximum atomic E-state index is 12.3. The summed E-state index contributed by atoms with van der Waals surface area (Å²) in [5, 5.41) is 2.59. The zero-order chi connectivity index (χ0) is 19.6. The van der Waals surface area contributed by atoms with Crippen LogP contribution in [-0.2, 0) is 16.2 Å². The van der Waals surface area contributed by atoms with Gasteiger partial charge in [-0.15, -0.1) is 0 Å². The molecule has 3 rings (SSSR count). The smallest absolute Gasteiger partial charge is 0.265 e. The van der Waals surface area contributed by atoms with Crippen molar-refractivity contribution in [2.45, 2.75) is 13.5 Å². The van der Waals surface area contributed by atoms with Crippen LogP contribution in [0.4, 0.5) is 0 Å². The quantitative estimate of drug-likeness (QED) is 0.444. The predicted octanol–water partition coefficient (Wildman–Crippen LogP) is 3.59. The van der Waals surface area contributed by atoms with Crippen LogP contribution in [0.25, 0.3) is 6.08 Å². The molecule has 0 aromatic heterocycles. The SMILES string of the molecule is Cc1cccc(COc2ccc(/C=C3\C(=O)NC(=S)N(C)C3=O)cc2Br)c1. The predicted molar refractivity (Wildman–Crippen MR) is 111 cm³/mol. The largest absolute Gasteiger partial charge is 0.488 e. The first kappa shape index (κ1) is 19.3. The van der Waals surface area contributed by atoms with Crippen molar-refractivity contribution < 1.29 is 14.3 Å². The van der Waals surface area contributed by atoms with E-state index >= 15 is 0 Å². The van der Waals surface area contributed by atoms with Gasteiger partial charge in [0.1, 0.15) is 17.9 Å². The summed E-state index contributed by atoms with van der Waals surface area (Å²) in [6.07, 6.45) is 1.53. The number of rotatable bonds is 4. The fourth-order valence-corrected chi connectivity index (χ4v) is 3.29. The fraction of sp³-hybridized carbons (Fsp3) is 0.150. The van der Waals surface area contributed by atoms with E-state index in [1.54, 1.807) is 18.2 Å². The van der Waals surface area contributed by atoms with Gasteiger partial charge in [-0.25, -0.2) is 0 Å². The monoisotopic (exact) mass is 444 g/mol. The van der Waals surface area contributed by atoms with Crippen molar-refractivity contribution >= 4 is 51.2 Å². The molecule has 2 aromatic rings. The summed E-state index contributed by atoms with van der Waals surface area (Å²) in [6.45, 7) is 2.48. The number of carbonyl (C=O) groups is 2. The number of ether oxygens (including phenoxy) is 1. The minimum Gasteiger partial charge on any atom is -0.488 e. The summed E-state index contributed by atoms with van der Waals surface area (Å²) in [5.74, 6) is -0.255. The summed E-state index contributed by atoms with van der Waals surface area (Å²) in [5.41, 5.74) is 2.99. The van der Waals surface area contributed by atoms with E-state index in [1.165, 1.54) is 23.6 Å². The van der Waals surface area contributed by atoms with Gasteiger partial charge in [0, 0.05) is 7.05 Å². The van der Waals surface area contributed by atoms with Gasteiger partial charge < -0.3 is 4.74 Å². The van der Waals surface area contributed by atoms with E-state index in [4.69, 9.17) is 17.0 Å². The van der Waals surface area contributed by atoms with E-state index in [0.717, 1.165) is 10.0 Å². The van der Waals surface area contributed by atoms with Gasteiger partial charge in [0.25, 0.3) is 11.8 Å². The van der Waals surface area contributed by atoms with Crippen molar-refractivity contribution in [2.75, 3.05) is 7.05 Å². The Bertz CT molecular complexity index is 971. The number of amides is 2. The number of nitrogens with zero attached hydrogens (tertiary/aromatic N) is 1. The van der Waals surface area contributed by atoms with Crippen LogP contribution in [0.5, 0.6) is 5.75 Å². The number of halogens is 1. The van der Waals surface area contributed by atoms with E-state index < -0.39 is 11.8 Å². The summed E-state index contributed by atoms with van der Waals surface area (Å²) < 4.78 is 6.59. The number of thiocarbonyl (C=S) groups is 1. The minimum absolute atomic E-state index is 0.0337. The minimum atomic E-state index is -0.501. The van der Waals surface area contributed by atoms with Gasteiger partial charge in [0.05, 0.1) is 4.47 Å². The Morgan fingerprint density at radius 3 is 2.70 bits per heavy atom. The van der Waals surface area contributed by atoms with Gasteiger partial charge in [-0.3, -0.25) is 19.8 Å². The molecule has 0 bridgehead atoms.